The van der Waals surface area contributed by atoms with Crippen LogP contribution in [-0.2, 0) is 6.42 Å². The van der Waals surface area contributed by atoms with Gasteiger partial charge in [0, 0.05) is 17.3 Å². The van der Waals surface area contributed by atoms with Gasteiger partial charge in [-0.05, 0) is 43.0 Å². The molecule has 3 heteroatoms. The highest BCUT2D eigenvalue weighted by Crippen LogP contribution is 2.32. The van der Waals surface area contributed by atoms with E-state index in [4.69, 9.17) is 11.6 Å². The van der Waals surface area contributed by atoms with Crippen molar-refractivity contribution >= 4 is 11.6 Å². The molecule has 0 fully saturated rings. The zero-order valence-electron chi connectivity index (χ0n) is 10.9. The van der Waals surface area contributed by atoms with Crippen LogP contribution in [0.1, 0.15) is 42.2 Å². The molecule has 1 aromatic heterocycles. The van der Waals surface area contributed by atoms with E-state index in [1.165, 1.54) is 11.3 Å². The quantitative estimate of drug-likeness (QED) is 0.911. The van der Waals surface area contributed by atoms with Crippen LogP contribution in [0.5, 0.6) is 0 Å². The Labute approximate surface area is 118 Å². The third-order valence-corrected chi connectivity index (χ3v) is 4.13. The lowest BCUT2D eigenvalue weighted by molar-refractivity contribution is 0.458. The van der Waals surface area contributed by atoms with Crippen LogP contribution >= 0.6 is 11.6 Å². The molecule has 1 unspecified atom stereocenters. The van der Waals surface area contributed by atoms with Crippen molar-refractivity contribution in [3.8, 4) is 0 Å². The average Bonchev–Trinajstić information content (AvgIpc) is 2.83. The lowest BCUT2D eigenvalue weighted by atomic mass is 10.1. The Morgan fingerprint density at radius 2 is 2.11 bits per heavy atom. The van der Waals surface area contributed by atoms with Gasteiger partial charge < -0.3 is 5.32 Å². The van der Waals surface area contributed by atoms with Crippen molar-refractivity contribution in [3.05, 3.63) is 64.4 Å². The maximum absolute atomic E-state index is 6.25. The van der Waals surface area contributed by atoms with Gasteiger partial charge in [-0.1, -0.05) is 35.9 Å². The molecule has 19 heavy (non-hydrogen) atoms. The van der Waals surface area contributed by atoms with Gasteiger partial charge >= 0.3 is 0 Å². The van der Waals surface area contributed by atoms with Crippen molar-refractivity contribution in [1.29, 1.82) is 0 Å². The first-order valence-corrected chi connectivity index (χ1v) is 7.08. The molecular weight excluding hydrogens is 256 g/mol. The smallest absolute Gasteiger partial charge is 0.0605 e. The van der Waals surface area contributed by atoms with E-state index < -0.39 is 0 Å². The second-order valence-corrected chi connectivity index (χ2v) is 5.46. The van der Waals surface area contributed by atoms with E-state index in [0.717, 1.165) is 23.4 Å². The third-order valence-electron chi connectivity index (χ3n) is 3.78. The van der Waals surface area contributed by atoms with Crippen LogP contribution < -0.4 is 5.32 Å². The largest absolute Gasteiger partial charge is 0.302 e. The maximum Gasteiger partial charge on any atom is 0.0605 e. The number of nitrogens with one attached hydrogen (secondary N) is 1. The monoisotopic (exact) mass is 272 g/mol. The average molecular weight is 273 g/mol. The third kappa shape index (κ3) is 2.51. The summed E-state index contributed by atoms with van der Waals surface area (Å²) in [5.41, 5.74) is 3.71. The Hall–Kier alpha value is -1.38. The minimum Gasteiger partial charge on any atom is -0.302 e. The van der Waals surface area contributed by atoms with Gasteiger partial charge in [0.15, 0.2) is 0 Å². The number of hydrogen-bond acceptors (Lipinski definition) is 2. The summed E-state index contributed by atoms with van der Waals surface area (Å²) in [7, 11) is 0. The molecule has 0 saturated carbocycles. The highest BCUT2D eigenvalue weighted by Gasteiger charge is 2.25. The van der Waals surface area contributed by atoms with E-state index in [0.29, 0.717) is 6.04 Å². The fourth-order valence-electron chi connectivity index (χ4n) is 2.79. The molecular formula is C16H17ClN2. The van der Waals surface area contributed by atoms with Crippen LogP contribution in [0.25, 0.3) is 0 Å². The first-order chi connectivity index (χ1) is 9.25. The van der Waals surface area contributed by atoms with Gasteiger partial charge in [0.2, 0.25) is 0 Å². The van der Waals surface area contributed by atoms with Crippen molar-refractivity contribution in [2.75, 3.05) is 0 Å². The molecule has 1 aliphatic carbocycles. The molecule has 98 valence electrons. The predicted molar refractivity (Wildman–Crippen MR) is 78.3 cm³/mol. The fourth-order valence-corrected chi connectivity index (χ4v) is 3.09. The summed E-state index contributed by atoms with van der Waals surface area (Å²) in [5, 5.41) is 4.47. The maximum atomic E-state index is 6.25. The van der Waals surface area contributed by atoms with Crippen LogP contribution in [0.4, 0.5) is 0 Å². The van der Waals surface area contributed by atoms with Crippen molar-refractivity contribution in [2.45, 2.75) is 31.8 Å². The van der Waals surface area contributed by atoms with Gasteiger partial charge in [0.25, 0.3) is 0 Å². The number of hydrogen-bond donors (Lipinski definition) is 1. The van der Waals surface area contributed by atoms with E-state index in [1.807, 2.05) is 30.5 Å². The second-order valence-electron chi connectivity index (χ2n) is 5.05. The lowest BCUT2D eigenvalue weighted by Crippen LogP contribution is -2.23. The molecule has 0 aliphatic heterocycles. The molecule has 1 heterocycles. The zero-order valence-corrected chi connectivity index (χ0v) is 11.7. The molecule has 0 saturated heterocycles. The number of aromatic nitrogens is 1. The van der Waals surface area contributed by atoms with E-state index in [9.17, 15) is 0 Å². The first-order valence-electron chi connectivity index (χ1n) is 6.70. The number of benzene rings is 1. The molecule has 0 spiro atoms. The van der Waals surface area contributed by atoms with Gasteiger partial charge in [-0.15, -0.1) is 0 Å². The number of pyridine rings is 1. The van der Waals surface area contributed by atoms with Gasteiger partial charge in [0.05, 0.1) is 11.7 Å². The van der Waals surface area contributed by atoms with Crippen LogP contribution in [0.2, 0.25) is 5.02 Å². The zero-order chi connectivity index (χ0) is 13.2. The van der Waals surface area contributed by atoms with Crippen molar-refractivity contribution in [3.63, 3.8) is 0 Å². The van der Waals surface area contributed by atoms with Gasteiger partial charge in [-0.3, -0.25) is 4.98 Å². The molecule has 3 rings (SSSR count). The molecule has 0 amide bonds. The predicted octanol–water partition coefficient (Wildman–Crippen LogP) is 4.07. The minimum absolute atomic E-state index is 0.228. The summed E-state index contributed by atoms with van der Waals surface area (Å²) >= 11 is 6.25. The summed E-state index contributed by atoms with van der Waals surface area (Å²) in [6, 6.07) is 12.8. The fraction of sp³-hybridized carbons (Fsp3) is 0.312. The molecule has 2 atom stereocenters. The Bertz CT molecular complexity index is 582. The van der Waals surface area contributed by atoms with E-state index in [1.54, 1.807) is 0 Å². The standard InChI is InChI=1S/C16H17ClN2/c1-11(13-6-2-3-7-14(13)17)19-15-9-8-12-5-4-10-18-16(12)15/h2-7,10-11,15,19H,8-9H2,1H3/t11-,15?/m1/s1. The minimum atomic E-state index is 0.228. The molecule has 1 N–H and O–H groups in total. The molecule has 2 aromatic rings. The van der Waals surface area contributed by atoms with Crippen LogP contribution in [0.3, 0.4) is 0 Å². The number of rotatable bonds is 3. The Balaban J connectivity index is 1.78. The number of halogens is 1. The summed E-state index contributed by atoms with van der Waals surface area (Å²) in [6.45, 7) is 2.15. The van der Waals surface area contributed by atoms with Gasteiger partial charge in [0.1, 0.15) is 0 Å². The van der Waals surface area contributed by atoms with Crippen molar-refractivity contribution < 1.29 is 0 Å². The number of aryl methyl sites for hydroxylation is 1. The molecule has 0 radical (unpaired) electrons. The van der Waals surface area contributed by atoms with E-state index >= 15 is 0 Å². The van der Waals surface area contributed by atoms with Gasteiger partial charge in [-0.25, -0.2) is 0 Å². The topological polar surface area (TPSA) is 24.9 Å². The lowest BCUT2D eigenvalue weighted by Gasteiger charge is -2.21. The Morgan fingerprint density at radius 3 is 2.95 bits per heavy atom. The Morgan fingerprint density at radius 1 is 1.26 bits per heavy atom. The van der Waals surface area contributed by atoms with Gasteiger partial charge in [-0.2, -0.15) is 0 Å². The first kappa shape index (κ1) is 12.6. The molecule has 2 nitrogen and oxygen atoms in total. The van der Waals surface area contributed by atoms with Crippen LogP contribution in [0.15, 0.2) is 42.6 Å². The summed E-state index contributed by atoms with van der Waals surface area (Å²) in [4.78, 5) is 4.51. The van der Waals surface area contributed by atoms with Crippen LogP contribution in [0, 0.1) is 0 Å². The molecule has 1 aromatic carbocycles. The van der Waals surface area contributed by atoms with Crippen molar-refractivity contribution in [1.82, 2.24) is 10.3 Å². The number of nitrogens with zero attached hydrogens (tertiary/aromatic N) is 1. The summed E-state index contributed by atoms with van der Waals surface area (Å²) in [6.07, 6.45) is 4.09. The van der Waals surface area contributed by atoms with E-state index in [-0.39, 0.29) is 6.04 Å². The summed E-state index contributed by atoms with van der Waals surface area (Å²) in [5.74, 6) is 0. The van der Waals surface area contributed by atoms with Crippen molar-refractivity contribution in [2.24, 2.45) is 0 Å². The second kappa shape index (κ2) is 5.32. The highest BCUT2D eigenvalue weighted by molar-refractivity contribution is 6.31. The van der Waals surface area contributed by atoms with Crippen LogP contribution in [-0.4, -0.2) is 4.98 Å². The Kier molecular flexibility index (Phi) is 3.54. The summed E-state index contributed by atoms with van der Waals surface area (Å²) < 4.78 is 0. The SMILES string of the molecule is C[C@@H](NC1CCc2cccnc21)c1ccccc1Cl. The number of fused-ring (bicyclic) bond motifs is 1. The molecule has 1 aliphatic rings. The van der Waals surface area contributed by atoms with E-state index in [2.05, 4.69) is 29.4 Å². The highest BCUT2D eigenvalue weighted by atomic mass is 35.5. The molecule has 0 bridgehead atoms. The normalized spacial score (nSPS) is 19.2.